The van der Waals surface area contributed by atoms with E-state index in [1.165, 1.54) is 38.5 Å². The van der Waals surface area contributed by atoms with Crippen molar-refractivity contribution in [3.05, 3.63) is 0 Å². The molecule has 0 spiro atoms. The van der Waals surface area contributed by atoms with E-state index in [-0.39, 0.29) is 0 Å². The quantitative estimate of drug-likeness (QED) is 0.447. The lowest BCUT2D eigenvalue weighted by atomic mass is 9.57. The van der Waals surface area contributed by atoms with E-state index in [1.54, 1.807) is 0 Å². The number of fused-ring (bicyclic) bond motifs is 2. The number of hydrogen-bond donors (Lipinski definition) is 0. The molecule has 0 radical (unpaired) electrons. The SMILES string of the molecule is BC1C2CCCC1CCC2. The summed E-state index contributed by atoms with van der Waals surface area (Å²) in [5, 5.41) is 0. The van der Waals surface area contributed by atoms with Crippen molar-refractivity contribution >= 4 is 7.85 Å². The van der Waals surface area contributed by atoms with Gasteiger partial charge in [-0.3, -0.25) is 0 Å². The van der Waals surface area contributed by atoms with E-state index in [1.807, 2.05) is 0 Å². The van der Waals surface area contributed by atoms with E-state index in [2.05, 4.69) is 7.85 Å². The first kappa shape index (κ1) is 6.76. The van der Waals surface area contributed by atoms with Crippen LogP contribution in [-0.4, -0.2) is 7.85 Å². The minimum Gasteiger partial charge on any atom is -0.0642 e. The van der Waals surface area contributed by atoms with Crippen molar-refractivity contribution in [3.63, 3.8) is 0 Å². The highest BCUT2D eigenvalue weighted by Crippen LogP contribution is 2.46. The molecule has 0 aromatic heterocycles. The Hall–Kier alpha value is 0.0649. The van der Waals surface area contributed by atoms with Crippen LogP contribution in [0.15, 0.2) is 0 Å². The van der Waals surface area contributed by atoms with Crippen molar-refractivity contribution in [2.45, 2.75) is 44.3 Å². The molecule has 2 bridgehead atoms. The molecule has 2 aliphatic rings. The van der Waals surface area contributed by atoms with Gasteiger partial charge in [-0.1, -0.05) is 44.3 Å². The maximum absolute atomic E-state index is 2.48. The molecule has 2 aliphatic carbocycles. The third-order valence-corrected chi connectivity index (χ3v) is 3.79. The zero-order valence-electron chi connectivity index (χ0n) is 6.97. The molecular weight excluding hydrogens is 119 g/mol. The van der Waals surface area contributed by atoms with Gasteiger partial charge in [0.05, 0.1) is 0 Å². The minimum atomic E-state index is 1.07. The van der Waals surface area contributed by atoms with Gasteiger partial charge in [-0.05, 0) is 11.8 Å². The van der Waals surface area contributed by atoms with Crippen LogP contribution in [0.1, 0.15) is 38.5 Å². The number of hydrogen-bond acceptors (Lipinski definition) is 0. The van der Waals surface area contributed by atoms with Crippen LogP contribution >= 0.6 is 0 Å². The fraction of sp³-hybridized carbons (Fsp3) is 1.00. The topological polar surface area (TPSA) is 0 Å². The molecular formula is C9H17B. The Kier molecular flexibility index (Phi) is 1.75. The molecule has 0 unspecified atom stereocenters. The lowest BCUT2D eigenvalue weighted by Gasteiger charge is -2.40. The molecule has 0 saturated heterocycles. The summed E-state index contributed by atoms with van der Waals surface area (Å²) in [6, 6.07) is 0. The van der Waals surface area contributed by atoms with Gasteiger partial charge in [0.1, 0.15) is 7.85 Å². The third kappa shape index (κ3) is 1.000. The molecule has 0 aliphatic heterocycles. The van der Waals surface area contributed by atoms with Gasteiger partial charge in [0.15, 0.2) is 0 Å². The predicted octanol–water partition coefficient (Wildman–Crippen LogP) is 2.01. The molecule has 2 fully saturated rings. The van der Waals surface area contributed by atoms with Crippen molar-refractivity contribution in [1.82, 2.24) is 0 Å². The Balaban J connectivity index is 2.05. The zero-order chi connectivity index (χ0) is 6.97. The molecule has 0 aromatic rings. The van der Waals surface area contributed by atoms with Crippen molar-refractivity contribution in [1.29, 1.82) is 0 Å². The average Bonchev–Trinajstić information content (AvgIpc) is 1.86. The summed E-state index contributed by atoms with van der Waals surface area (Å²) in [5.41, 5.74) is 0. The zero-order valence-corrected chi connectivity index (χ0v) is 6.97. The van der Waals surface area contributed by atoms with Gasteiger partial charge in [-0.2, -0.15) is 0 Å². The molecule has 0 amide bonds. The van der Waals surface area contributed by atoms with Crippen molar-refractivity contribution in [2.24, 2.45) is 11.8 Å². The summed E-state index contributed by atoms with van der Waals surface area (Å²) in [6.07, 6.45) is 9.21. The monoisotopic (exact) mass is 136 g/mol. The molecule has 2 saturated carbocycles. The maximum Gasteiger partial charge on any atom is 0.106 e. The summed E-state index contributed by atoms with van der Waals surface area (Å²) in [4.78, 5) is 0. The van der Waals surface area contributed by atoms with E-state index in [0.717, 1.165) is 17.7 Å². The molecule has 56 valence electrons. The highest BCUT2D eigenvalue weighted by atomic mass is 14.3. The highest BCUT2D eigenvalue weighted by Gasteiger charge is 2.32. The van der Waals surface area contributed by atoms with E-state index in [9.17, 15) is 0 Å². The normalized spacial score (nSPS) is 47.0. The molecule has 0 N–H and O–H groups in total. The summed E-state index contributed by atoms with van der Waals surface area (Å²) in [5.74, 6) is 3.31. The molecule has 10 heavy (non-hydrogen) atoms. The molecule has 0 atom stereocenters. The Morgan fingerprint density at radius 3 is 1.50 bits per heavy atom. The molecule has 0 nitrogen and oxygen atoms in total. The maximum atomic E-state index is 2.48. The van der Waals surface area contributed by atoms with Gasteiger partial charge in [-0.15, -0.1) is 0 Å². The second-order valence-electron chi connectivity index (χ2n) is 4.24. The average molecular weight is 136 g/mol. The lowest BCUT2D eigenvalue weighted by Crippen LogP contribution is -2.27. The fourth-order valence-corrected chi connectivity index (χ4v) is 3.01. The first-order valence-corrected chi connectivity index (χ1v) is 4.88. The third-order valence-electron chi connectivity index (χ3n) is 3.79. The predicted molar refractivity (Wildman–Crippen MR) is 47.0 cm³/mol. The van der Waals surface area contributed by atoms with Crippen molar-refractivity contribution in [2.75, 3.05) is 0 Å². The van der Waals surface area contributed by atoms with Crippen LogP contribution in [0, 0.1) is 11.8 Å². The highest BCUT2D eigenvalue weighted by molar-refractivity contribution is 6.12. The van der Waals surface area contributed by atoms with E-state index in [0.29, 0.717) is 0 Å². The summed E-state index contributed by atoms with van der Waals surface area (Å²) >= 11 is 0. The van der Waals surface area contributed by atoms with Crippen LogP contribution in [0.5, 0.6) is 0 Å². The second-order valence-corrected chi connectivity index (χ2v) is 4.24. The molecule has 0 aromatic carbocycles. The van der Waals surface area contributed by atoms with Crippen LogP contribution in [0.3, 0.4) is 0 Å². The standard InChI is InChI=1S/C9H17B/c10-9-7-3-1-4-8(9)6-2-5-7/h7-9H,1-6,10H2. The summed E-state index contributed by atoms with van der Waals surface area (Å²) in [6.45, 7) is 0. The Bertz CT molecular complexity index is 99.9. The van der Waals surface area contributed by atoms with Crippen LogP contribution < -0.4 is 0 Å². The Morgan fingerprint density at radius 1 is 0.800 bits per heavy atom. The Labute approximate surface area is 64.8 Å². The van der Waals surface area contributed by atoms with Gasteiger partial charge < -0.3 is 0 Å². The van der Waals surface area contributed by atoms with Crippen LogP contribution in [0.2, 0.25) is 5.82 Å². The van der Waals surface area contributed by atoms with Gasteiger partial charge in [0, 0.05) is 0 Å². The van der Waals surface area contributed by atoms with Gasteiger partial charge in [-0.25, -0.2) is 0 Å². The van der Waals surface area contributed by atoms with Gasteiger partial charge >= 0.3 is 0 Å². The lowest BCUT2D eigenvalue weighted by molar-refractivity contribution is 0.192. The number of rotatable bonds is 0. The minimum absolute atomic E-state index is 1.07. The van der Waals surface area contributed by atoms with E-state index in [4.69, 9.17) is 0 Å². The molecule has 1 heteroatoms. The Morgan fingerprint density at radius 2 is 1.20 bits per heavy atom. The van der Waals surface area contributed by atoms with Gasteiger partial charge in [0.2, 0.25) is 0 Å². The van der Waals surface area contributed by atoms with Crippen LogP contribution in [0.25, 0.3) is 0 Å². The van der Waals surface area contributed by atoms with Crippen LogP contribution in [0.4, 0.5) is 0 Å². The van der Waals surface area contributed by atoms with E-state index < -0.39 is 0 Å². The first-order chi connectivity index (χ1) is 4.88. The fourth-order valence-electron chi connectivity index (χ4n) is 3.01. The largest absolute Gasteiger partial charge is 0.106 e. The second kappa shape index (κ2) is 2.60. The van der Waals surface area contributed by atoms with Crippen LogP contribution in [-0.2, 0) is 0 Å². The summed E-state index contributed by atoms with van der Waals surface area (Å²) in [7, 11) is 2.48. The van der Waals surface area contributed by atoms with Crippen molar-refractivity contribution < 1.29 is 0 Å². The first-order valence-electron chi connectivity index (χ1n) is 4.88. The van der Waals surface area contributed by atoms with E-state index >= 15 is 0 Å². The molecule has 2 rings (SSSR count). The smallest absolute Gasteiger partial charge is 0.0642 e. The molecule has 0 heterocycles. The van der Waals surface area contributed by atoms with Gasteiger partial charge in [0.25, 0.3) is 0 Å². The summed E-state index contributed by atoms with van der Waals surface area (Å²) < 4.78 is 0. The van der Waals surface area contributed by atoms with Crippen molar-refractivity contribution in [3.8, 4) is 0 Å².